The number of hydrogen-bond donors (Lipinski definition) is 1. The summed E-state index contributed by atoms with van der Waals surface area (Å²) in [6.07, 6.45) is 8.30. The standard InChI is InChI=1S/C8H9N3O/c1-2-4-9-8(12)7-11-6-3-5-10-11/h1,3,5-6H,4,7H2,(H,9,12). The van der Waals surface area contributed by atoms with Crippen LogP contribution < -0.4 is 5.32 Å². The van der Waals surface area contributed by atoms with Crippen molar-refractivity contribution in [1.82, 2.24) is 15.1 Å². The van der Waals surface area contributed by atoms with Gasteiger partial charge in [0, 0.05) is 12.4 Å². The predicted octanol–water partition coefficient (Wildman–Crippen LogP) is -0.368. The minimum atomic E-state index is -0.128. The third kappa shape index (κ3) is 2.46. The first kappa shape index (κ1) is 8.34. The molecule has 1 rings (SSSR count). The maximum Gasteiger partial charge on any atom is 0.242 e. The van der Waals surface area contributed by atoms with Crippen LogP contribution in [0.5, 0.6) is 0 Å². The lowest BCUT2D eigenvalue weighted by Crippen LogP contribution is -2.27. The minimum Gasteiger partial charge on any atom is -0.344 e. The highest BCUT2D eigenvalue weighted by Crippen LogP contribution is 1.83. The number of nitrogens with zero attached hydrogens (tertiary/aromatic N) is 2. The number of carbonyl (C=O) groups excluding carboxylic acids is 1. The predicted molar refractivity (Wildman–Crippen MR) is 44.1 cm³/mol. The third-order valence-electron chi connectivity index (χ3n) is 1.25. The highest BCUT2D eigenvalue weighted by atomic mass is 16.2. The lowest BCUT2D eigenvalue weighted by molar-refractivity contribution is -0.121. The maximum atomic E-state index is 11.0. The van der Waals surface area contributed by atoms with Gasteiger partial charge in [-0.15, -0.1) is 6.42 Å². The highest BCUT2D eigenvalue weighted by molar-refractivity contribution is 5.75. The molecule has 1 aromatic rings. The van der Waals surface area contributed by atoms with Crippen LogP contribution in [0.2, 0.25) is 0 Å². The molecular weight excluding hydrogens is 154 g/mol. The Kier molecular flexibility index (Phi) is 2.91. The van der Waals surface area contributed by atoms with Crippen LogP contribution in [0.25, 0.3) is 0 Å². The fourth-order valence-electron chi connectivity index (χ4n) is 0.747. The first-order valence-electron chi connectivity index (χ1n) is 3.50. The Morgan fingerprint density at radius 1 is 1.75 bits per heavy atom. The number of rotatable bonds is 3. The molecule has 0 bridgehead atoms. The summed E-state index contributed by atoms with van der Waals surface area (Å²) in [6.45, 7) is 0.481. The van der Waals surface area contributed by atoms with Gasteiger partial charge in [-0.25, -0.2) is 0 Å². The second kappa shape index (κ2) is 4.19. The second-order valence-corrected chi connectivity index (χ2v) is 2.18. The van der Waals surface area contributed by atoms with Crippen LogP contribution in [0.4, 0.5) is 0 Å². The first-order valence-corrected chi connectivity index (χ1v) is 3.50. The normalized spacial score (nSPS) is 8.92. The van der Waals surface area contributed by atoms with Gasteiger partial charge >= 0.3 is 0 Å². The number of carbonyl (C=O) groups is 1. The summed E-state index contributed by atoms with van der Waals surface area (Å²) in [4.78, 5) is 11.0. The molecule has 0 radical (unpaired) electrons. The zero-order chi connectivity index (χ0) is 8.81. The zero-order valence-corrected chi connectivity index (χ0v) is 6.53. The Labute approximate surface area is 70.6 Å². The fraction of sp³-hybridized carbons (Fsp3) is 0.250. The van der Waals surface area contributed by atoms with E-state index in [4.69, 9.17) is 6.42 Å². The average Bonchev–Trinajstić information content (AvgIpc) is 2.53. The van der Waals surface area contributed by atoms with Gasteiger partial charge in [0.05, 0.1) is 6.54 Å². The van der Waals surface area contributed by atoms with Gasteiger partial charge in [-0.2, -0.15) is 5.10 Å². The van der Waals surface area contributed by atoms with E-state index in [1.165, 1.54) is 4.68 Å². The molecule has 1 N–H and O–H groups in total. The van der Waals surface area contributed by atoms with Crippen molar-refractivity contribution in [2.24, 2.45) is 0 Å². The average molecular weight is 163 g/mol. The van der Waals surface area contributed by atoms with Gasteiger partial charge in [0.1, 0.15) is 6.54 Å². The van der Waals surface area contributed by atoms with Crippen LogP contribution in [0.1, 0.15) is 0 Å². The van der Waals surface area contributed by atoms with Gasteiger partial charge in [-0.05, 0) is 6.07 Å². The number of amides is 1. The molecule has 0 aliphatic heterocycles. The molecular formula is C8H9N3O. The van der Waals surface area contributed by atoms with E-state index in [0.29, 0.717) is 0 Å². The molecule has 0 spiro atoms. The van der Waals surface area contributed by atoms with E-state index in [-0.39, 0.29) is 19.0 Å². The summed E-state index contributed by atoms with van der Waals surface area (Å²) in [6, 6.07) is 1.76. The van der Waals surface area contributed by atoms with E-state index in [0.717, 1.165) is 0 Å². The molecule has 4 heteroatoms. The molecule has 0 unspecified atom stereocenters. The van der Waals surface area contributed by atoms with Crippen LogP contribution >= 0.6 is 0 Å². The van der Waals surface area contributed by atoms with Gasteiger partial charge in [0.25, 0.3) is 0 Å². The summed E-state index contributed by atoms with van der Waals surface area (Å²) >= 11 is 0. The van der Waals surface area contributed by atoms with Crippen molar-refractivity contribution in [3.05, 3.63) is 18.5 Å². The topological polar surface area (TPSA) is 46.9 Å². The second-order valence-electron chi connectivity index (χ2n) is 2.18. The smallest absolute Gasteiger partial charge is 0.242 e. The van der Waals surface area contributed by atoms with Gasteiger partial charge in [-0.1, -0.05) is 5.92 Å². The molecule has 1 heterocycles. The summed E-state index contributed by atoms with van der Waals surface area (Å²) in [5.74, 6) is 2.19. The molecule has 12 heavy (non-hydrogen) atoms. The molecule has 1 amide bonds. The quantitative estimate of drug-likeness (QED) is 0.618. The van der Waals surface area contributed by atoms with Crippen molar-refractivity contribution in [2.75, 3.05) is 6.54 Å². The lowest BCUT2D eigenvalue weighted by atomic mass is 10.5. The molecule has 1 aromatic heterocycles. The molecule has 0 saturated heterocycles. The Morgan fingerprint density at radius 3 is 3.17 bits per heavy atom. The van der Waals surface area contributed by atoms with E-state index >= 15 is 0 Å². The molecule has 62 valence electrons. The van der Waals surface area contributed by atoms with Gasteiger partial charge in [-0.3, -0.25) is 9.48 Å². The molecule has 0 aliphatic carbocycles. The van der Waals surface area contributed by atoms with E-state index in [1.54, 1.807) is 18.5 Å². The molecule has 4 nitrogen and oxygen atoms in total. The Balaban J connectivity index is 2.33. The van der Waals surface area contributed by atoms with Crippen LogP contribution in [-0.2, 0) is 11.3 Å². The molecule has 0 atom stereocenters. The zero-order valence-electron chi connectivity index (χ0n) is 6.53. The van der Waals surface area contributed by atoms with Crippen molar-refractivity contribution in [3.63, 3.8) is 0 Å². The third-order valence-corrected chi connectivity index (χ3v) is 1.25. The Morgan fingerprint density at radius 2 is 2.58 bits per heavy atom. The van der Waals surface area contributed by atoms with Crippen molar-refractivity contribution in [1.29, 1.82) is 0 Å². The lowest BCUT2D eigenvalue weighted by Gasteiger charge is -2.00. The number of nitrogens with one attached hydrogen (secondary N) is 1. The van der Waals surface area contributed by atoms with Gasteiger partial charge < -0.3 is 5.32 Å². The van der Waals surface area contributed by atoms with E-state index in [2.05, 4.69) is 16.3 Å². The molecule has 0 fully saturated rings. The summed E-state index contributed by atoms with van der Waals surface area (Å²) in [5.41, 5.74) is 0. The van der Waals surface area contributed by atoms with E-state index < -0.39 is 0 Å². The summed E-state index contributed by atoms with van der Waals surface area (Å²) < 4.78 is 1.53. The van der Waals surface area contributed by atoms with Crippen molar-refractivity contribution in [3.8, 4) is 12.3 Å². The van der Waals surface area contributed by atoms with Crippen molar-refractivity contribution in [2.45, 2.75) is 6.54 Å². The molecule has 0 aliphatic rings. The Bertz CT molecular complexity index is 284. The monoisotopic (exact) mass is 163 g/mol. The van der Waals surface area contributed by atoms with Crippen molar-refractivity contribution >= 4 is 5.91 Å². The van der Waals surface area contributed by atoms with Crippen LogP contribution in [-0.4, -0.2) is 22.2 Å². The SMILES string of the molecule is C#CCNC(=O)Cn1cccn1. The summed E-state index contributed by atoms with van der Waals surface area (Å²) in [5, 5.41) is 6.40. The van der Waals surface area contributed by atoms with Gasteiger partial charge in [0.15, 0.2) is 0 Å². The summed E-state index contributed by atoms with van der Waals surface area (Å²) in [7, 11) is 0. The van der Waals surface area contributed by atoms with Crippen LogP contribution in [0.15, 0.2) is 18.5 Å². The Hall–Kier alpha value is -1.76. The highest BCUT2D eigenvalue weighted by Gasteiger charge is 1.99. The van der Waals surface area contributed by atoms with E-state index in [1.807, 2.05) is 0 Å². The number of terminal acetylenes is 1. The van der Waals surface area contributed by atoms with Gasteiger partial charge in [0.2, 0.25) is 5.91 Å². The van der Waals surface area contributed by atoms with Crippen LogP contribution in [0.3, 0.4) is 0 Å². The largest absolute Gasteiger partial charge is 0.344 e. The number of aromatic nitrogens is 2. The van der Waals surface area contributed by atoms with Crippen molar-refractivity contribution < 1.29 is 4.79 Å². The van der Waals surface area contributed by atoms with Crippen LogP contribution in [0, 0.1) is 12.3 Å². The first-order chi connectivity index (χ1) is 5.83. The van der Waals surface area contributed by atoms with E-state index in [9.17, 15) is 4.79 Å². The molecule has 0 saturated carbocycles. The number of hydrogen-bond acceptors (Lipinski definition) is 2. The minimum absolute atomic E-state index is 0.128. The maximum absolute atomic E-state index is 11.0. The fourth-order valence-corrected chi connectivity index (χ4v) is 0.747. The molecule has 0 aromatic carbocycles.